The largest absolute Gasteiger partial charge is 0.418 e. The average Bonchev–Trinajstić information content (AvgIpc) is 2.38. The molecule has 108 valence electrons. The highest BCUT2D eigenvalue weighted by molar-refractivity contribution is 5.67. The van der Waals surface area contributed by atoms with Crippen LogP contribution in [0.1, 0.15) is 26.7 Å². The monoisotopic (exact) mass is 269 g/mol. The number of alkyl carbamates (subject to hydrolysis) is 1. The second kappa shape index (κ2) is 7.31. The summed E-state index contributed by atoms with van der Waals surface area (Å²) in [4.78, 5) is 13.7. The van der Waals surface area contributed by atoms with Crippen LogP contribution < -0.4 is 5.32 Å². The fraction of sp³-hybridized carbons (Fsp3) is 0.846. The molecule has 0 spiro atoms. The normalized spacial score (nSPS) is 17.8. The molecule has 0 aromatic carbocycles. The molecule has 0 atom stereocenters. The molecule has 1 amide bonds. The maximum atomic E-state index is 11.6. The minimum absolute atomic E-state index is 0.452. The second-order valence-electron chi connectivity index (χ2n) is 5.25. The van der Waals surface area contributed by atoms with Gasteiger partial charge < -0.3 is 14.8 Å². The number of nitrogens with one attached hydrogen (secondary N) is 1. The topological polar surface area (TPSA) is 74.6 Å². The summed E-state index contributed by atoms with van der Waals surface area (Å²) in [5.74, 6) is -0.451. The third kappa shape index (κ3) is 5.90. The quantitative estimate of drug-likeness (QED) is 0.602. The molecule has 1 heterocycles. The Labute approximate surface area is 114 Å². The van der Waals surface area contributed by atoms with E-state index in [0.29, 0.717) is 19.0 Å². The SMILES string of the molecule is COC(C)(C)OC(=O)NCC1CCN(CC#N)CC1. The van der Waals surface area contributed by atoms with Crippen LogP contribution in [0.25, 0.3) is 0 Å². The molecular weight excluding hydrogens is 246 g/mol. The number of ether oxygens (including phenoxy) is 2. The van der Waals surface area contributed by atoms with Crippen LogP contribution in [0.4, 0.5) is 4.79 Å². The Morgan fingerprint density at radius 1 is 1.47 bits per heavy atom. The van der Waals surface area contributed by atoms with Crippen LogP contribution in [0, 0.1) is 17.2 Å². The van der Waals surface area contributed by atoms with Crippen molar-refractivity contribution in [2.45, 2.75) is 32.5 Å². The lowest BCUT2D eigenvalue weighted by atomic mass is 9.97. The molecule has 0 aromatic rings. The number of nitriles is 1. The summed E-state index contributed by atoms with van der Waals surface area (Å²) in [6, 6.07) is 2.16. The van der Waals surface area contributed by atoms with Crippen molar-refractivity contribution in [1.82, 2.24) is 10.2 Å². The van der Waals surface area contributed by atoms with Crippen molar-refractivity contribution in [3.8, 4) is 6.07 Å². The number of piperidine rings is 1. The summed E-state index contributed by atoms with van der Waals surface area (Å²) in [7, 11) is 1.50. The van der Waals surface area contributed by atoms with Crippen LogP contribution in [0.2, 0.25) is 0 Å². The predicted octanol–water partition coefficient (Wildman–Crippen LogP) is 1.33. The molecule has 1 aliphatic heterocycles. The third-order valence-corrected chi connectivity index (χ3v) is 3.37. The number of hydrogen-bond acceptors (Lipinski definition) is 5. The lowest BCUT2D eigenvalue weighted by Gasteiger charge is -2.30. The van der Waals surface area contributed by atoms with Gasteiger partial charge in [0, 0.05) is 27.5 Å². The van der Waals surface area contributed by atoms with Gasteiger partial charge in [0.1, 0.15) is 0 Å². The number of hydrogen-bond donors (Lipinski definition) is 1. The maximum Gasteiger partial charge on any atom is 0.409 e. The summed E-state index contributed by atoms with van der Waals surface area (Å²) in [6.07, 6.45) is 1.54. The Bertz CT molecular complexity index is 331. The van der Waals surface area contributed by atoms with E-state index in [1.54, 1.807) is 13.8 Å². The predicted molar refractivity (Wildman–Crippen MR) is 70.3 cm³/mol. The molecule has 1 fully saturated rings. The lowest BCUT2D eigenvalue weighted by Crippen LogP contribution is -2.41. The molecule has 0 radical (unpaired) electrons. The van der Waals surface area contributed by atoms with Crippen molar-refractivity contribution in [2.75, 3.05) is 33.3 Å². The van der Waals surface area contributed by atoms with Crippen molar-refractivity contribution >= 4 is 6.09 Å². The number of amides is 1. The van der Waals surface area contributed by atoms with Gasteiger partial charge in [-0.05, 0) is 31.8 Å². The Hall–Kier alpha value is -1.32. The highest BCUT2D eigenvalue weighted by Crippen LogP contribution is 2.16. The molecule has 6 nitrogen and oxygen atoms in total. The van der Waals surface area contributed by atoms with E-state index in [0.717, 1.165) is 25.9 Å². The van der Waals surface area contributed by atoms with Crippen molar-refractivity contribution in [3.05, 3.63) is 0 Å². The zero-order valence-electron chi connectivity index (χ0n) is 11.9. The zero-order valence-corrected chi connectivity index (χ0v) is 11.9. The molecule has 1 saturated heterocycles. The fourth-order valence-electron chi connectivity index (χ4n) is 1.98. The number of carbonyl (C=O) groups is 1. The van der Waals surface area contributed by atoms with Gasteiger partial charge in [0.15, 0.2) is 0 Å². The van der Waals surface area contributed by atoms with Gasteiger partial charge in [-0.15, -0.1) is 0 Å². The van der Waals surface area contributed by atoms with Gasteiger partial charge in [0.05, 0.1) is 12.6 Å². The van der Waals surface area contributed by atoms with E-state index < -0.39 is 11.9 Å². The van der Waals surface area contributed by atoms with Gasteiger partial charge in [-0.3, -0.25) is 4.90 Å². The van der Waals surface area contributed by atoms with Crippen molar-refractivity contribution in [1.29, 1.82) is 5.26 Å². The van der Waals surface area contributed by atoms with E-state index in [1.165, 1.54) is 7.11 Å². The summed E-state index contributed by atoms with van der Waals surface area (Å²) in [5, 5.41) is 11.4. The smallest absolute Gasteiger partial charge is 0.409 e. The lowest BCUT2D eigenvalue weighted by molar-refractivity contribution is -0.157. The third-order valence-electron chi connectivity index (χ3n) is 3.37. The van der Waals surface area contributed by atoms with E-state index >= 15 is 0 Å². The Balaban J connectivity index is 2.20. The minimum atomic E-state index is -0.903. The summed E-state index contributed by atoms with van der Waals surface area (Å²) in [5.41, 5.74) is 0. The van der Waals surface area contributed by atoms with Crippen LogP contribution in [0.3, 0.4) is 0 Å². The van der Waals surface area contributed by atoms with E-state index in [9.17, 15) is 4.79 Å². The first-order chi connectivity index (χ1) is 8.96. The van der Waals surface area contributed by atoms with Crippen molar-refractivity contribution in [3.63, 3.8) is 0 Å². The molecule has 19 heavy (non-hydrogen) atoms. The van der Waals surface area contributed by atoms with Gasteiger partial charge >= 0.3 is 6.09 Å². The molecule has 0 aromatic heterocycles. The highest BCUT2D eigenvalue weighted by Gasteiger charge is 2.23. The van der Waals surface area contributed by atoms with E-state index in [2.05, 4.69) is 16.3 Å². The standard InChI is InChI=1S/C13H23N3O3/c1-13(2,18-3)19-12(17)15-10-11-4-7-16(8-5-11)9-6-14/h11H,4-5,7-10H2,1-3H3,(H,15,17). The highest BCUT2D eigenvalue weighted by atomic mass is 16.7. The molecule has 1 N–H and O–H groups in total. The van der Waals surface area contributed by atoms with E-state index in [-0.39, 0.29) is 0 Å². The first-order valence-electron chi connectivity index (χ1n) is 6.58. The number of rotatable bonds is 5. The van der Waals surface area contributed by atoms with Crippen molar-refractivity contribution in [2.24, 2.45) is 5.92 Å². The van der Waals surface area contributed by atoms with Crippen LogP contribution >= 0.6 is 0 Å². The molecule has 6 heteroatoms. The van der Waals surface area contributed by atoms with Gasteiger partial charge in [-0.2, -0.15) is 5.26 Å². The van der Waals surface area contributed by atoms with Gasteiger partial charge in [-0.25, -0.2) is 4.79 Å². The fourth-order valence-corrected chi connectivity index (χ4v) is 1.98. The van der Waals surface area contributed by atoms with Crippen molar-refractivity contribution < 1.29 is 14.3 Å². The van der Waals surface area contributed by atoms with Crippen LogP contribution in [-0.2, 0) is 9.47 Å². The van der Waals surface area contributed by atoms with Crippen LogP contribution in [0.15, 0.2) is 0 Å². The molecule has 0 aliphatic carbocycles. The number of nitrogens with zero attached hydrogens (tertiary/aromatic N) is 2. The molecule has 1 rings (SSSR count). The average molecular weight is 269 g/mol. The molecule has 0 saturated carbocycles. The summed E-state index contributed by atoms with van der Waals surface area (Å²) in [6.45, 7) is 6.31. The second-order valence-corrected chi connectivity index (χ2v) is 5.25. The van der Waals surface area contributed by atoms with E-state index in [4.69, 9.17) is 14.7 Å². The molecular formula is C13H23N3O3. The van der Waals surface area contributed by atoms with E-state index in [1.807, 2.05) is 0 Å². The first kappa shape index (κ1) is 15.7. The van der Waals surface area contributed by atoms with Crippen LogP contribution in [0.5, 0.6) is 0 Å². The number of likely N-dealkylation sites (tertiary alicyclic amines) is 1. The van der Waals surface area contributed by atoms with Gasteiger partial charge in [-0.1, -0.05) is 0 Å². The minimum Gasteiger partial charge on any atom is -0.418 e. The van der Waals surface area contributed by atoms with Crippen LogP contribution in [-0.4, -0.2) is 50.1 Å². The summed E-state index contributed by atoms with van der Waals surface area (Å²) >= 11 is 0. The molecule has 0 bridgehead atoms. The maximum absolute atomic E-state index is 11.6. The number of carbonyl (C=O) groups excluding carboxylic acids is 1. The van der Waals surface area contributed by atoms with Gasteiger partial charge in [0.2, 0.25) is 5.79 Å². The first-order valence-corrected chi connectivity index (χ1v) is 6.58. The number of methoxy groups -OCH3 is 1. The Morgan fingerprint density at radius 3 is 2.63 bits per heavy atom. The molecule has 1 aliphatic rings. The Morgan fingerprint density at radius 2 is 2.11 bits per heavy atom. The zero-order chi connectivity index (χ0) is 14.3. The summed E-state index contributed by atoms with van der Waals surface area (Å²) < 4.78 is 10.1. The Kier molecular flexibility index (Phi) is 6.06. The molecule has 0 unspecified atom stereocenters. The van der Waals surface area contributed by atoms with Gasteiger partial charge in [0.25, 0.3) is 0 Å².